The molecule has 0 saturated carbocycles. The third-order valence-electron chi connectivity index (χ3n) is 3.22. The molecule has 0 aliphatic rings. The lowest BCUT2D eigenvalue weighted by molar-refractivity contribution is 0.0323. The molecule has 0 atom stereocenters. The molecule has 3 nitrogen and oxygen atoms in total. The molecular formula is C14H20N2O. The summed E-state index contributed by atoms with van der Waals surface area (Å²) in [4.78, 5) is 0. The van der Waals surface area contributed by atoms with E-state index in [1.165, 1.54) is 0 Å². The van der Waals surface area contributed by atoms with E-state index in [0.29, 0.717) is 18.7 Å². The van der Waals surface area contributed by atoms with Crippen molar-refractivity contribution in [2.24, 2.45) is 0 Å². The zero-order valence-electron chi connectivity index (χ0n) is 10.5. The van der Waals surface area contributed by atoms with Gasteiger partial charge in [0.25, 0.3) is 0 Å². The van der Waals surface area contributed by atoms with Crippen molar-refractivity contribution >= 4 is 0 Å². The number of benzene rings is 1. The van der Waals surface area contributed by atoms with Crippen molar-refractivity contribution < 1.29 is 5.11 Å². The largest absolute Gasteiger partial charge is 0.389 e. The zero-order valence-corrected chi connectivity index (χ0v) is 10.5. The summed E-state index contributed by atoms with van der Waals surface area (Å²) in [5.41, 5.74) is 1.03. The van der Waals surface area contributed by atoms with Gasteiger partial charge in [0.2, 0.25) is 0 Å². The first-order valence-corrected chi connectivity index (χ1v) is 6.06. The molecule has 0 fully saturated rings. The minimum absolute atomic E-state index is 0.555. The summed E-state index contributed by atoms with van der Waals surface area (Å²) in [5.74, 6) is 0. The minimum atomic E-state index is -0.637. The Morgan fingerprint density at radius 3 is 2.53 bits per heavy atom. The fraction of sp³-hybridized carbons (Fsp3) is 0.500. The van der Waals surface area contributed by atoms with E-state index >= 15 is 0 Å². The molecule has 0 saturated heterocycles. The van der Waals surface area contributed by atoms with Crippen LogP contribution < -0.4 is 5.32 Å². The molecule has 1 rings (SSSR count). The van der Waals surface area contributed by atoms with Gasteiger partial charge in [-0.25, -0.2) is 0 Å². The predicted molar refractivity (Wildman–Crippen MR) is 68.4 cm³/mol. The topological polar surface area (TPSA) is 56.0 Å². The molecule has 0 heterocycles. The summed E-state index contributed by atoms with van der Waals surface area (Å²) in [6, 6.07) is 9.69. The monoisotopic (exact) mass is 232 g/mol. The molecule has 0 aliphatic carbocycles. The normalized spacial score (nSPS) is 11.2. The number of nitrogens with one attached hydrogen (secondary N) is 1. The number of aliphatic hydroxyl groups is 1. The van der Waals surface area contributed by atoms with E-state index in [9.17, 15) is 5.11 Å². The molecule has 0 radical (unpaired) electrons. The van der Waals surface area contributed by atoms with E-state index < -0.39 is 5.60 Å². The number of hydrogen-bond donors (Lipinski definition) is 2. The highest BCUT2D eigenvalue weighted by molar-refractivity contribution is 5.37. The van der Waals surface area contributed by atoms with E-state index in [0.717, 1.165) is 18.4 Å². The van der Waals surface area contributed by atoms with Crippen molar-refractivity contribution in [1.29, 1.82) is 5.26 Å². The van der Waals surface area contributed by atoms with Gasteiger partial charge in [-0.3, -0.25) is 0 Å². The Balaban J connectivity index is 2.54. The molecule has 0 aromatic heterocycles. The maximum atomic E-state index is 10.1. The van der Waals surface area contributed by atoms with Crippen molar-refractivity contribution in [3.05, 3.63) is 35.4 Å². The molecule has 1 aromatic carbocycles. The highest BCUT2D eigenvalue weighted by Crippen LogP contribution is 2.13. The average Bonchev–Trinajstić information content (AvgIpc) is 2.39. The first kappa shape index (κ1) is 13.7. The fourth-order valence-electron chi connectivity index (χ4n) is 1.71. The minimum Gasteiger partial charge on any atom is -0.389 e. The molecule has 0 bridgehead atoms. The Labute approximate surface area is 103 Å². The first-order chi connectivity index (χ1) is 8.15. The van der Waals surface area contributed by atoms with Gasteiger partial charge in [-0.2, -0.15) is 5.26 Å². The Morgan fingerprint density at radius 2 is 1.94 bits per heavy atom. The van der Waals surface area contributed by atoms with Gasteiger partial charge in [0.05, 0.1) is 17.2 Å². The van der Waals surface area contributed by atoms with Crippen LogP contribution >= 0.6 is 0 Å². The van der Waals surface area contributed by atoms with Crippen LogP contribution in [0.1, 0.15) is 37.8 Å². The summed E-state index contributed by atoms with van der Waals surface area (Å²) in [6.07, 6.45) is 1.47. The lowest BCUT2D eigenvalue weighted by Gasteiger charge is -2.25. The molecule has 0 aliphatic heterocycles. The molecule has 0 unspecified atom stereocenters. The van der Waals surface area contributed by atoms with Crippen LogP contribution in [0.4, 0.5) is 0 Å². The van der Waals surface area contributed by atoms with E-state index in [2.05, 4.69) is 11.4 Å². The van der Waals surface area contributed by atoms with Crippen LogP contribution in [-0.4, -0.2) is 17.3 Å². The first-order valence-electron chi connectivity index (χ1n) is 6.06. The SMILES string of the molecule is CCC(O)(CC)CNCc1ccccc1C#N. The lowest BCUT2D eigenvalue weighted by atomic mass is 9.97. The summed E-state index contributed by atoms with van der Waals surface area (Å²) >= 11 is 0. The van der Waals surface area contributed by atoms with Crippen LogP contribution in [0.25, 0.3) is 0 Å². The van der Waals surface area contributed by atoms with E-state index in [4.69, 9.17) is 5.26 Å². The van der Waals surface area contributed by atoms with Gasteiger partial charge in [-0.05, 0) is 24.5 Å². The van der Waals surface area contributed by atoms with Gasteiger partial charge >= 0.3 is 0 Å². The molecule has 17 heavy (non-hydrogen) atoms. The maximum absolute atomic E-state index is 10.1. The number of rotatable bonds is 6. The van der Waals surface area contributed by atoms with Crippen molar-refractivity contribution in [3.63, 3.8) is 0 Å². The highest BCUT2D eigenvalue weighted by Gasteiger charge is 2.21. The standard InChI is InChI=1S/C14H20N2O/c1-3-14(17,4-2)11-16-10-13-8-6-5-7-12(13)9-15/h5-8,16-17H,3-4,10-11H2,1-2H3. The number of nitriles is 1. The van der Waals surface area contributed by atoms with Crippen LogP contribution in [0.15, 0.2) is 24.3 Å². The smallest absolute Gasteiger partial charge is 0.0995 e. The van der Waals surface area contributed by atoms with Gasteiger partial charge in [-0.1, -0.05) is 32.0 Å². The Bertz CT molecular complexity index is 391. The van der Waals surface area contributed by atoms with E-state index in [1.54, 1.807) is 0 Å². The molecule has 92 valence electrons. The van der Waals surface area contributed by atoms with Crippen LogP contribution in [0.5, 0.6) is 0 Å². The van der Waals surface area contributed by atoms with Gasteiger partial charge in [0.1, 0.15) is 0 Å². The lowest BCUT2D eigenvalue weighted by Crippen LogP contribution is -2.39. The molecule has 2 N–H and O–H groups in total. The molecule has 0 amide bonds. The quantitative estimate of drug-likeness (QED) is 0.790. The Morgan fingerprint density at radius 1 is 1.29 bits per heavy atom. The van der Waals surface area contributed by atoms with Crippen molar-refractivity contribution in [3.8, 4) is 6.07 Å². The molecule has 0 spiro atoms. The fourth-order valence-corrected chi connectivity index (χ4v) is 1.71. The van der Waals surface area contributed by atoms with Crippen molar-refractivity contribution in [1.82, 2.24) is 5.32 Å². The summed E-state index contributed by atoms with van der Waals surface area (Å²) in [6.45, 7) is 5.13. The molecule has 3 heteroatoms. The molecular weight excluding hydrogens is 212 g/mol. The van der Waals surface area contributed by atoms with Crippen LogP contribution in [-0.2, 0) is 6.54 Å². The highest BCUT2D eigenvalue weighted by atomic mass is 16.3. The summed E-state index contributed by atoms with van der Waals surface area (Å²) in [7, 11) is 0. The van der Waals surface area contributed by atoms with Crippen LogP contribution in [0, 0.1) is 11.3 Å². The molecule has 1 aromatic rings. The van der Waals surface area contributed by atoms with Crippen LogP contribution in [0.3, 0.4) is 0 Å². The van der Waals surface area contributed by atoms with Gasteiger partial charge < -0.3 is 10.4 Å². The maximum Gasteiger partial charge on any atom is 0.0995 e. The zero-order chi connectivity index (χ0) is 12.7. The Kier molecular flexibility index (Phi) is 5.14. The third kappa shape index (κ3) is 3.85. The number of hydrogen-bond acceptors (Lipinski definition) is 3. The second-order valence-electron chi connectivity index (χ2n) is 4.30. The van der Waals surface area contributed by atoms with Crippen molar-refractivity contribution in [2.45, 2.75) is 38.8 Å². The summed E-state index contributed by atoms with van der Waals surface area (Å²) in [5, 5.41) is 22.3. The van der Waals surface area contributed by atoms with Gasteiger partial charge in [-0.15, -0.1) is 0 Å². The second-order valence-corrected chi connectivity index (χ2v) is 4.30. The summed E-state index contributed by atoms with van der Waals surface area (Å²) < 4.78 is 0. The Hall–Kier alpha value is -1.37. The van der Waals surface area contributed by atoms with Gasteiger partial charge in [0.15, 0.2) is 0 Å². The van der Waals surface area contributed by atoms with E-state index in [1.807, 2.05) is 38.1 Å². The van der Waals surface area contributed by atoms with Gasteiger partial charge in [0, 0.05) is 13.1 Å². The third-order valence-corrected chi connectivity index (χ3v) is 3.22. The number of nitrogens with zero attached hydrogens (tertiary/aromatic N) is 1. The second kappa shape index (κ2) is 6.39. The van der Waals surface area contributed by atoms with Crippen molar-refractivity contribution in [2.75, 3.05) is 6.54 Å². The van der Waals surface area contributed by atoms with E-state index in [-0.39, 0.29) is 0 Å². The van der Waals surface area contributed by atoms with Crippen LogP contribution in [0.2, 0.25) is 0 Å². The predicted octanol–water partition coefficient (Wildman–Crippen LogP) is 2.20. The average molecular weight is 232 g/mol.